The van der Waals surface area contributed by atoms with Crippen LogP contribution in [0.1, 0.15) is 21.6 Å². The van der Waals surface area contributed by atoms with E-state index in [1.54, 1.807) is 10.9 Å². The van der Waals surface area contributed by atoms with Crippen LogP contribution in [0.15, 0.2) is 85.1 Å². The lowest BCUT2D eigenvalue weighted by molar-refractivity contribution is 0.102. The van der Waals surface area contributed by atoms with Gasteiger partial charge in [0.05, 0.1) is 11.9 Å². The molecule has 1 N–H and O–H groups in total. The number of fused-ring (bicyclic) bond motifs is 1. The first kappa shape index (κ1) is 18.1. The molecule has 0 saturated carbocycles. The second-order valence-electron chi connectivity index (χ2n) is 7.30. The van der Waals surface area contributed by atoms with Gasteiger partial charge in [0.1, 0.15) is 0 Å². The molecule has 148 valence electrons. The molecule has 0 fully saturated rings. The van der Waals surface area contributed by atoms with Crippen molar-refractivity contribution in [2.45, 2.75) is 13.0 Å². The molecular formula is C24H21N5O. The minimum atomic E-state index is -0.272. The fourth-order valence-electron chi connectivity index (χ4n) is 3.82. The van der Waals surface area contributed by atoms with Crippen LogP contribution < -0.4 is 10.2 Å². The highest BCUT2D eigenvalue weighted by atomic mass is 16.2. The van der Waals surface area contributed by atoms with E-state index in [-0.39, 0.29) is 11.6 Å². The largest absolute Gasteiger partial charge is 0.367 e. The van der Waals surface area contributed by atoms with E-state index in [2.05, 4.69) is 50.9 Å². The van der Waals surface area contributed by atoms with E-state index in [0.29, 0.717) is 0 Å². The summed E-state index contributed by atoms with van der Waals surface area (Å²) in [5.74, 6) is -0.272. The number of rotatable bonds is 5. The average molecular weight is 395 g/mol. The van der Waals surface area contributed by atoms with Crippen LogP contribution in [-0.4, -0.2) is 27.4 Å². The quantitative estimate of drug-likeness (QED) is 0.553. The van der Waals surface area contributed by atoms with Crippen LogP contribution in [0.4, 0.5) is 11.4 Å². The molecule has 6 nitrogen and oxygen atoms in total. The Morgan fingerprint density at radius 2 is 1.70 bits per heavy atom. The molecule has 30 heavy (non-hydrogen) atoms. The summed E-state index contributed by atoms with van der Waals surface area (Å²) in [6, 6.07) is 26.0. The number of nitrogens with zero attached hydrogens (tertiary/aromatic N) is 4. The van der Waals surface area contributed by atoms with Gasteiger partial charge in [-0.25, -0.2) is 4.68 Å². The summed E-state index contributed by atoms with van der Waals surface area (Å²) in [6.07, 6.45) is 2.69. The molecule has 1 amide bonds. The van der Waals surface area contributed by atoms with Crippen LogP contribution in [0.5, 0.6) is 0 Å². The number of amides is 1. The van der Waals surface area contributed by atoms with Crippen molar-refractivity contribution in [1.82, 2.24) is 15.0 Å². The van der Waals surface area contributed by atoms with Gasteiger partial charge in [-0.1, -0.05) is 59.8 Å². The van der Waals surface area contributed by atoms with Gasteiger partial charge in [-0.2, -0.15) is 0 Å². The molecule has 0 radical (unpaired) electrons. The summed E-state index contributed by atoms with van der Waals surface area (Å²) >= 11 is 0. The summed E-state index contributed by atoms with van der Waals surface area (Å²) in [7, 11) is 0. The molecule has 1 aromatic heterocycles. The highest BCUT2D eigenvalue weighted by molar-refractivity contribution is 6.03. The molecule has 1 aliphatic rings. The van der Waals surface area contributed by atoms with Crippen molar-refractivity contribution < 1.29 is 4.79 Å². The van der Waals surface area contributed by atoms with Gasteiger partial charge in [-0.05, 0) is 41.8 Å². The van der Waals surface area contributed by atoms with E-state index in [9.17, 15) is 4.79 Å². The summed E-state index contributed by atoms with van der Waals surface area (Å²) in [5.41, 5.74) is 5.64. The van der Waals surface area contributed by atoms with Gasteiger partial charge in [-0.3, -0.25) is 4.79 Å². The van der Waals surface area contributed by atoms with Gasteiger partial charge in [0.25, 0.3) is 5.91 Å². The zero-order valence-electron chi connectivity index (χ0n) is 16.4. The number of carbonyl (C=O) groups is 1. The van der Waals surface area contributed by atoms with Crippen molar-refractivity contribution in [1.29, 1.82) is 0 Å². The maximum Gasteiger partial charge on any atom is 0.277 e. The highest BCUT2D eigenvalue weighted by Gasteiger charge is 2.20. The van der Waals surface area contributed by atoms with Crippen LogP contribution in [0.3, 0.4) is 0 Å². The van der Waals surface area contributed by atoms with Gasteiger partial charge in [0, 0.05) is 24.5 Å². The second-order valence-corrected chi connectivity index (χ2v) is 7.30. The number of hydrogen-bond donors (Lipinski definition) is 1. The van der Waals surface area contributed by atoms with Gasteiger partial charge < -0.3 is 10.2 Å². The normalized spacial score (nSPS) is 12.6. The number of hydrogen-bond acceptors (Lipinski definition) is 4. The molecule has 6 heteroatoms. The van der Waals surface area contributed by atoms with Crippen LogP contribution in [0, 0.1) is 0 Å². The Bertz CT molecular complexity index is 1180. The average Bonchev–Trinajstić information content (AvgIpc) is 3.44. The molecular weight excluding hydrogens is 374 g/mol. The Morgan fingerprint density at radius 3 is 2.60 bits per heavy atom. The minimum Gasteiger partial charge on any atom is -0.367 e. The maximum atomic E-state index is 12.8. The Balaban J connectivity index is 1.34. The molecule has 0 aliphatic carbocycles. The molecule has 0 atom stereocenters. The number of nitrogens with one attached hydrogen (secondary N) is 1. The third kappa shape index (κ3) is 3.55. The molecule has 5 rings (SSSR count). The van der Waals surface area contributed by atoms with Crippen LogP contribution >= 0.6 is 0 Å². The van der Waals surface area contributed by atoms with Crippen molar-refractivity contribution in [3.8, 4) is 5.69 Å². The summed E-state index contributed by atoms with van der Waals surface area (Å²) in [6.45, 7) is 1.72. The smallest absolute Gasteiger partial charge is 0.277 e. The van der Waals surface area contributed by atoms with Gasteiger partial charge in [-0.15, -0.1) is 5.10 Å². The molecule has 0 unspecified atom stereocenters. The third-order valence-corrected chi connectivity index (χ3v) is 5.36. The number of para-hydroxylation sites is 3. The van der Waals surface area contributed by atoms with Crippen LogP contribution in [0.2, 0.25) is 0 Å². The zero-order valence-corrected chi connectivity index (χ0v) is 16.4. The monoisotopic (exact) mass is 395 g/mol. The predicted molar refractivity (Wildman–Crippen MR) is 117 cm³/mol. The Labute approximate surface area is 174 Å². The Kier molecular flexibility index (Phi) is 4.73. The number of aromatic nitrogens is 3. The van der Waals surface area contributed by atoms with Crippen molar-refractivity contribution in [2.24, 2.45) is 0 Å². The number of benzene rings is 3. The lowest BCUT2D eigenvalue weighted by Gasteiger charge is -2.21. The lowest BCUT2D eigenvalue weighted by atomic mass is 10.1. The first-order valence-electron chi connectivity index (χ1n) is 9.98. The van der Waals surface area contributed by atoms with Gasteiger partial charge in [0.2, 0.25) is 0 Å². The standard InChI is InChI=1S/C24H21N5O/c30-24(22-17-29(27-26-22)20-10-2-1-3-11-20)25-21-12-6-4-9-19(21)16-28-15-14-18-8-5-7-13-23(18)28/h1-13,17H,14-16H2,(H,25,30). The van der Waals surface area contributed by atoms with E-state index in [1.165, 1.54) is 11.3 Å². The van der Waals surface area contributed by atoms with E-state index >= 15 is 0 Å². The van der Waals surface area contributed by atoms with E-state index in [0.717, 1.165) is 36.4 Å². The zero-order chi connectivity index (χ0) is 20.3. The third-order valence-electron chi connectivity index (χ3n) is 5.36. The number of carbonyl (C=O) groups excluding carboxylic acids is 1. The van der Waals surface area contributed by atoms with Gasteiger partial charge in [0.15, 0.2) is 5.69 Å². The van der Waals surface area contributed by atoms with Gasteiger partial charge >= 0.3 is 0 Å². The van der Waals surface area contributed by atoms with Crippen molar-refractivity contribution in [3.63, 3.8) is 0 Å². The summed E-state index contributed by atoms with van der Waals surface area (Å²) in [4.78, 5) is 15.2. The summed E-state index contributed by atoms with van der Waals surface area (Å²) in [5, 5.41) is 11.1. The molecule has 2 heterocycles. The molecule has 1 aliphatic heterocycles. The van der Waals surface area contributed by atoms with Crippen molar-refractivity contribution in [3.05, 3.63) is 102 Å². The van der Waals surface area contributed by atoms with E-state index < -0.39 is 0 Å². The first-order valence-corrected chi connectivity index (χ1v) is 9.98. The molecule has 0 spiro atoms. The Hall–Kier alpha value is -3.93. The van der Waals surface area contributed by atoms with Crippen molar-refractivity contribution >= 4 is 17.3 Å². The SMILES string of the molecule is O=C(Nc1ccccc1CN1CCc2ccccc21)c1cn(-c2ccccc2)nn1. The first-order chi connectivity index (χ1) is 14.8. The van der Waals surface area contributed by atoms with Crippen LogP contribution in [0.25, 0.3) is 5.69 Å². The fraction of sp³-hybridized carbons (Fsp3) is 0.125. The van der Waals surface area contributed by atoms with Crippen LogP contribution in [-0.2, 0) is 13.0 Å². The van der Waals surface area contributed by atoms with E-state index in [1.807, 2.05) is 48.5 Å². The highest BCUT2D eigenvalue weighted by Crippen LogP contribution is 2.30. The lowest BCUT2D eigenvalue weighted by Crippen LogP contribution is -2.21. The molecule has 0 bridgehead atoms. The molecule has 4 aromatic rings. The van der Waals surface area contributed by atoms with E-state index in [4.69, 9.17) is 0 Å². The summed E-state index contributed by atoms with van der Waals surface area (Å²) < 4.78 is 1.60. The Morgan fingerprint density at radius 1 is 0.933 bits per heavy atom. The molecule has 0 saturated heterocycles. The number of anilines is 2. The topological polar surface area (TPSA) is 63.1 Å². The van der Waals surface area contributed by atoms with Crippen molar-refractivity contribution in [2.75, 3.05) is 16.8 Å². The maximum absolute atomic E-state index is 12.8. The fourth-order valence-corrected chi connectivity index (χ4v) is 3.82. The minimum absolute atomic E-state index is 0.272. The predicted octanol–water partition coefficient (Wildman–Crippen LogP) is 4.08. The molecule has 3 aromatic carbocycles. The second kappa shape index (κ2) is 7.83.